The van der Waals surface area contributed by atoms with Crippen LogP contribution in [-0.2, 0) is 5.60 Å². The number of hydrogen-bond donors (Lipinski definition) is 1. The van der Waals surface area contributed by atoms with E-state index in [2.05, 4.69) is 4.98 Å². The zero-order chi connectivity index (χ0) is 9.90. The average Bonchev–Trinajstić information content (AvgIpc) is 2.18. The van der Waals surface area contributed by atoms with Crippen molar-refractivity contribution >= 4 is 0 Å². The smallest absolute Gasteiger partial charge is 0.213 e. The lowest BCUT2D eigenvalue weighted by atomic mass is 9.99. The molecule has 3 nitrogen and oxygen atoms in total. The highest BCUT2D eigenvalue weighted by molar-refractivity contribution is 5.19. The minimum Gasteiger partial charge on any atom is -0.481 e. The van der Waals surface area contributed by atoms with Crippen molar-refractivity contribution in [1.29, 1.82) is 0 Å². The van der Waals surface area contributed by atoms with E-state index in [0.717, 1.165) is 0 Å². The van der Waals surface area contributed by atoms with E-state index in [-0.39, 0.29) is 0 Å². The van der Waals surface area contributed by atoms with E-state index in [9.17, 15) is 5.11 Å². The fourth-order valence-corrected chi connectivity index (χ4v) is 1.01. The van der Waals surface area contributed by atoms with E-state index < -0.39 is 5.60 Å². The van der Waals surface area contributed by atoms with Crippen molar-refractivity contribution in [3.05, 3.63) is 23.9 Å². The van der Waals surface area contributed by atoms with Crippen LogP contribution >= 0.6 is 0 Å². The van der Waals surface area contributed by atoms with Crippen LogP contribution in [0.25, 0.3) is 0 Å². The molecule has 1 unspecified atom stereocenters. The van der Waals surface area contributed by atoms with Crippen molar-refractivity contribution in [3.63, 3.8) is 0 Å². The molecule has 1 heterocycles. The van der Waals surface area contributed by atoms with Gasteiger partial charge in [0.25, 0.3) is 0 Å². The molecule has 0 saturated carbocycles. The number of methoxy groups -OCH3 is 1. The first-order chi connectivity index (χ1) is 6.10. The molecule has 0 spiro atoms. The van der Waals surface area contributed by atoms with Crippen molar-refractivity contribution < 1.29 is 9.84 Å². The molecule has 1 aromatic heterocycles. The Morgan fingerprint density at radius 2 is 2.23 bits per heavy atom. The van der Waals surface area contributed by atoms with E-state index in [1.54, 1.807) is 26.2 Å². The van der Waals surface area contributed by atoms with E-state index in [1.165, 1.54) is 0 Å². The number of ether oxygens (including phenoxy) is 1. The number of aliphatic hydroxyl groups is 1. The summed E-state index contributed by atoms with van der Waals surface area (Å²) in [5, 5.41) is 9.90. The predicted molar refractivity (Wildman–Crippen MR) is 50.7 cm³/mol. The molecule has 0 amide bonds. The van der Waals surface area contributed by atoms with Crippen molar-refractivity contribution in [2.75, 3.05) is 7.11 Å². The maximum atomic E-state index is 9.90. The lowest BCUT2D eigenvalue weighted by molar-refractivity contribution is 0.0479. The Bertz CT molecular complexity index is 284. The summed E-state index contributed by atoms with van der Waals surface area (Å²) in [6, 6.07) is 5.38. The Balaban J connectivity index is 3.01. The number of hydrogen-bond acceptors (Lipinski definition) is 3. The number of nitrogens with zero attached hydrogens (tertiary/aromatic N) is 1. The summed E-state index contributed by atoms with van der Waals surface area (Å²) in [4.78, 5) is 4.16. The fourth-order valence-electron chi connectivity index (χ4n) is 1.01. The van der Waals surface area contributed by atoms with Crippen LogP contribution in [0.2, 0.25) is 0 Å². The van der Waals surface area contributed by atoms with Crippen LogP contribution < -0.4 is 4.74 Å². The quantitative estimate of drug-likeness (QED) is 0.771. The number of rotatable bonds is 3. The molecule has 1 rings (SSSR count). The lowest BCUT2D eigenvalue weighted by Crippen LogP contribution is -2.21. The maximum absolute atomic E-state index is 9.90. The van der Waals surface area contributed by atoms with Crippen molar-refractivity contribution in [2.24, 2.45) is 0 Å². The van der Waals surface area contributed by atoms with Gasteiger partial charge in [0.1, 0.15) is 5.60 Å². The molecule has 72 valence electrons. The van der Waals surface area contributed by atoms with Crippen molar-refractivity contribution in [3.8, 4) is 5.88 Å². The molecule has 0 aliphatic carbocycles. The van der Waals surface area contributed by atoms with Gasteiger partial charge in [-0.15, -0.1) is 0 Å². The van der Waals surface area contributed by atoms with Gasteiger partial charge in [0.05, 0.1) is 12.8 Å². The van der Waals surface area contributed by atoms with Gasteiger partial charge in [0.2, 0.25) is 5.88 Å². The Hall–Kier alpha value is -1.09. The van der Waals surface area contributed by atoms with Crippen LogP contribution in [0.4, 0.5) is 0 Å². The number of pyridine rings is 1. The first-order valence-corrected chi connectivity index (χ1v) is 4.34. The summed E-state index contributed by atoms with van der Waals surface area (Å²) in [5.74, 6) is 0.534. The molecule has 0 aromatic carbocycles. The van der Waals surface area contributed by atoms with Gasteiger partial charge >= 0.3 is 0 Å². The second-order valence-corrected chi connectivity index (χ2v) is 3.19. The second-order valence-electron chi connectivity index (χ2n) is 3.19. The summed E-state index contributed by atoms with van der Waals surface area (Å²) in [5.41, 5.74) is -0.219. The van der Waals surface area contributed by atoms with Gasteiger partial charge in [-0.2, -0.15) is 0 Å². The molecule has 1 aromatic rings. The van der Waals surface area contributed by atoms with Gasteiger partial charge < -0.3 is 9.84 Å². The first-order valence-electron chi connectivity index (χ1n) is 4.34. The van der Waals surface area contributed by atoms with Gasteiger partial charge in [-0.3, -0.25) is 0 Å². The zero-order valence-corrected chi connectivity index (χ0v) is 8.24. The van der Waals surface area contributed by atoms with Gasteiger partial charge in [-0.25, -0.2) is 4.98 Å². The third kappa shape index (κ3) is 2.18. The highest BCUT2D eigenvalue weighted by atomic mass is 16.5. The minimum atomic E-state index is -0.867. The Morgan fingerprint density at radius 1 is 1.54 bits per heavy atom. The third-order valence-corrected chi connectivity index (χ3v) is 2.17. The highest BCUT2D eigenvalue weighted by Crippen LogP contribution is 2.23. The molecule has 3 heteroatoms. The SMILES string of the molecule is CCC(C)(O)c1cccc(OC)n1. The van der Waals surface area contributed by atoms with E-state index in [4.69, 9.17) is 4.74 Å². The summed E-state index contributed by atoms with van der Waals surface area (Å²) < 4.78 is 4.97. The molecule has 0 fully saturated rings. The van der Waals surface area contributed by atoms with Crippen LogP contribution in [0.3, 0.4) is 0 Å². The summed E-state index contributed by atoms with van der Waals surface area (Å²) >= 11 is 0. The number of aromatic nitrogens is 1. The largest absolute Gasteiger partial charge is 0.481 e. The molecule has 1 N–H and O–H groups in total. The average molecular weight is 181 g/mol. The summed E-state index contributed by atoms with van der Waals surface area (Å²) in [6.07, 6.45) is 0.632. The predicted octanol–water partition coefficient (Wildman–Crippen LogP) is 1.71. The van der Waals surface area contributed by atoms with Crippen LogP contribution in [0.15, 0.2) is 18.2 Å². The van der Waals surface area contributed by atoms with Crippen LogP contribution in [0, 0.1) is 0 Å². The molecule has 0 radical (unpaired) electrons. The van der Waals surface area contributed by atoms with Crippen LogP contribution in [0.5, 0.6) is 5.88 Å². The molecule has 0 saturated heterocycles. The normalized spacial score (nSPS) is 15.1. The molecular formula is C10H15NO2. The van der Waals surface area contributed by atoms with Crippen molar-refractivity contribution in [2.45, 2.75) is 25.9 Å². The van der Waals surface area contributed by atoms with Gasteiger partial charge in [0, 0.05) is 6.07 Å². The molecule has 0 aliphatic heterocycles. The maximum Gasteiger partial charge on any atom is 0.213 e. The van der Waals surface area contributed by atoms with E-state index >= 15 is 0 Å². The summed E-state index contributed by atoms with van der Waals surface area (Å²) in [7, 11) is 1.56. The Kier molecular flexibility index (Phi) is 2.88. The lowest BCUT2D eigenvalue weighted by Gasteiger charge is -2.20. The van der Waals surface area contributed by atoms with Crippen LogP contribution in [-0.4, -0.2) is 17.2 Å². The molecule has 0 bridgehead atoms. The highest BCUT2D eigenvalue weighted by Gasteiger charge is 2.22. The zero-order valence-electron chi connectivity index (χ0n) is 8.24. The molecule has 1 atom stereocenters. The third-order valence-electron chi connectivity index (χ3n) is 2.17. The molecular weight excluding hydrogens is 166 g/mol. The fraction of sp³-hybridized carbons (Fsp3) is 0.500. The standard InChI is InChI=1S/C10H15NO2/c1-4-10(2,12)8-6-5-7-9(11-8)13-3/h5-7,12H,4H2,1-3H3. The van der Waals surface area contributed by atoms with E-state index in [0.29, 0.717) is 18.0 Å². The minimum absolute atomic E-state index is 0.534. The molecule has 0 aliphatic rings. The first kappa shape index (κ1) is 9.99. The van der Waals surface area contributed by atoms with Crippen LogP contribution in [0.1, 0.15) is 26.0 Å². The van der Waals surface area contributed by atoms with Crippen molar-refractivity contribution in [1.82, 2.24) is 4.98 Å². The molecule has 13 heavy (non-hydrogen) atoms. The van der Waals surface area contributed by atoms with Gasteiger partial charge in [0.15, 0.2) is 0 Å². The Morgan fingerprint density at radius 3 is 2.77 bits per heavy atom. The topological polar surface area (TPSA) is 42.4 Å². The van der Waals surface area contributed by atoms with Gasteiger partial charge in [-0.1, -0.05) is 13.0 Å². The summed E-state index contributed by atoms with van der Waals surface area (Å²) in [6.45, 7) is 3.66. The second kappa shape index (κ2) is 3.75. The van der Waals surface area contributed by atoms with E-state index in [1.807, 2.05) is 13.0 Å². The Labute approximate surface area is 78.4 Å². The monoisotopic (exact) mass is 181 g/mol. The van der Waals surface area contributed by atoms with Gasteiger partial charge in [-0.05, 0) is 19.4 Å².